The highest BCUT2D eigenvalue weighted by atomic mass is 32.3. The first-order valence-corrected chi connectivity index (χ1v) is 11.5. The fourth-order valence-corrected chi connectivity index (χ4v) is 4.64. The van der Waals surface area contributed by atoms with Crippen molar-refractivity contribution in [1.29, 1.82) is 0 Å². The van der Waals surface area contributed by atoms with Gasteiger partial charge in [0.15, 0.2) is 5.84 Å². The van der Waals surface area contributed by atoms with Crippen molar-refractivity contribution in [1.82, 2.24) is 9.88 Å². The van der Waals surface area contributed by atoms with Crippen LogP contribution in [-0.2, 0) is 17.4 Å². The number of benzene rings is 1. The number of carbonyl (C=O) groups excluding carboxylic acids is 1. The van der Waals surface area contributed by atoms with Gasteiger partial charge in [-0.05, 0) is 23.8 Å². The van der Waals surface area contributed by atoms with Crippen LogP contribution in [-0.4, -0.2) is 60.5 Å². The largest absolute Gasteiger partial charge is 0.416 e. The monoisotopic (exact) mass is 472 g/mol. The summed E-state index contributed by atoms with van der Waals surface area (Å²) in [7, 11) is -2.74. The van der Waals surface area contributed by atoms with Crippen LogP contribution in [0.2, 0.25) is 0 Å². The summed E-state index contributed by atoms with van der Waals surface area (Å²) in [6.07, 6.45) is -3.20. The number of carbonyl (C=O) groups is 1. The van der Waals surface area contributed by atoms with Crippen LogP contribution >= 0.6 is 10.6 Å². The number of amides is 1. The molecule has 1 aliphatic heterocycles. The van der Waals surface area contributed by atoms with Crippen molar-refractivity contribution in [2.45, 2.75) is 18.5 Å². The summed E-state index contributed by atoms with van der Waals surface area (Å²) >= 11 is 0. The molecule has 174 valence electrons. The van der Waals surface area contributed by atoms with Gasteiger partial charge in [0.05, 0.1) is 23.0 Å². The number of hydrogen-bond acceptors (Lipinski definition) is 6. The topological polar surface area (TPSA) is 132 Å². The molecule has 1 fully saturated rings. The molecule has 2 heterocycles. The van der Waals surface area contributed by atoms with E-state index in [1.54, 1.807) is 6.07 Å². The number of halogens is 3. The summed E-state index contributed by atoms with van der Waals surface area (Å²) in [6, 6.07) is 7.67. The summed E-state index contributed by atoms with van der Waals surface area (Å²) in [6.45, 7) is 0.207. The second-order valence-corrected chi connectivity index (χ2v) is 9.86. The summed E-state index contributed by atoms with van der Waals surface area (Å²) in [4.78, 5) is 18.9. The second kappa shape index (κ2) is 9.35. The zero-order valence-corrected chi connectivity index (χ0v) is 17.7. The molecule has 1 unspecified atom stereocenters. The molecule has 0 saturated carbocycles. The maximum absolute atomic E-state index is 13.3. The van der Waals surface area contributed by atoms with E-state index in [1.807, 2.05) is 0 Å². The molecule has 3 rings (SSSR count). The predicted molar refractivity (Wildman–Crippen MR) is 114 cm³/mol. The quantitative estimate of drug-likeness (QED) is 0.229. The minimum absolute atomic E-state index is 0.0172. The lowest BCUT2D eigenvalue weighted by atomic mass is 9.91. The molecular formula is C20H23F3N4O4S. The highest BCUT2D eigenvalue weighted by Crippen LogP contribution is 2.41. The van der Waals surface area contributed by atoms with Crippen LogP contribution in [0.15, 0.2) is 47.8 Å². The Bertz CT molecular complexity index is 989. The number of rotatable bonds is 5. The SMILES string of the molecule is N/C(=N\O)c1ccc(CC(C(=O)N2CCS(O)(O)CC2)c2cccc(C(F)(F)F)c2)nc1. The molecule has 0 bridgehead atoms. The molecule has 0 radical (unpaired) electrons. The van der Waals surface area contributed by atoms with Gasteiger partial charge >= 0.3 is 6.18 Å². The van der Waals surface area contributed by atoms with Gasteiger partial charge in [0.1, 0.15) is 0 Å². The van der Waals surface area contributed by atoms with E-state index in [0.717, 1.165) is 12.1 Å². The predicted octanol–water partition coefficient (Wildman–Crippen LogP) is 3.11. The van der Waals surface area contributed by atoms with Crippen molar-refractivity contribution in [3.05, 3.63) is 65.0 Å². The average Bonchev–Trinajstić information content (AvgIpc) is 2.76. The van der Waals surface area contributed by atoms with Gasteiger partial charge < -0.3 is 15.8 Å². The molecule has 1 aromatic carbocycles. The first-order chi connectivity index (χ1) is 15.0. The van der Waals surface area contributed by atoms with Crippen molar-refractivity contribution in [2.24, 2.45) is 10.9 Å². The second-order valence-electron chi connectivity index (χ2n) is 7.44. The third-order valence-corrected chi connectivity index (χ3v) is 6.92. The van der Waals surface area contributed by atoms with Gasteiger partial charge in [-0.2, -0.15) is 23.8 Å². The van der Waals surface area contributed by atoms with Crippen LogP contribution < -0.4 is 5.73 Å². The van der Waals surface area contributed by atoms with Gasteiger partial charge in [-0.3, -0.25) is 18.9 Å². The summed E-state index contributed by atoms with van der Waals surface area (Å²) in [5, 5.41) is 11.6. The molecule has 0 spiro atoms. The summed E-state index contributed by atoms with van der Waals surface area (Å²) in [5.74, 6) is -1.47. The lowest BCUT2D eigenvalue weighted by Gasteiger charge is -2.42. The highest BCUT2D eigenvalue weighted by Gasteiger charge is 2.34. The average molecular weight is 472 g/mol. The number of nitrogens with two attached hydrogens (primary N) is 1. The lowest BCUT2D eigenvalue weighted by Crippen LogP contribution is -2.44. The standard InChI is InChI=1S/C20H23F3N4O4S/c21-20(22,23)15-3-1-2-13(10-15)17(19(28)27-6-8-32(30,31)9-7-27)11-16-5-4-14(12-25-16)18(24)26-29/h1-5,10,12,17,29-31H,6-9,11H2,(H2,24,26). The summed E-state index contributed by atoms with van der Waals surface area (Å²) in [5.41, 5.74) is 5.61. The molecule has 1 atom stereocenters. The normalized spacial score (nSPS) is 18.8. The maximum atomic E-state index is 13.3. The van der Waals surface area contributed by atoms with E-state index in [4.69, 9.17) is 10.9 Å². The Labute approximate surface area is 183 Å². The maximum Gasteiger partial charge on any atom is 0.416 e. The van der Waals surface area contributed by atoms with Crippen molar-refractivity contribution in [3.63, 3.8) is 0 Å². The highest BCUT2D eigenvalue weighted by molar-refractivity contribution is 8.24. The van der Waals surface area contributed by atoms with E-state index in [0.29, 0.717) is 11.3 Å². The van der Waals surface area contributed by atoms with Gasteiger partial charge in [0.2, 0.25) is 5.91 Å². The molecule has 1 aromatic heterocycles. The van der Waals surface area contributed by atoms with E-state index in [9.17, 15) is 27.1 Å². The van der Waals surface area contributed by atoms with E-state index in [1.165, 1.54) is 29.3 Å². The van der Waals surface area contributed by atoms with Gasteiger partial charge in [0.25, 0.3) is 0 Å². The fourth-order valence-electron chi connectivity index (χ4n) is 3.41. The van der Waals surface area contributed by atoms with E-state index in [-0.39, 0.29) is 42.4 Å². The van der Waals surface area contributed by atoms with Crippen molar-refractivity contribution < 1.29 is 32.3 Å². The van der Waals surface area contributed by atoms with Crippen molar-refractivity contribution in [3.8, 4) is 0 Å². The van der Waals surface area contributed by atoms with Crippen molar-refractivity contribution >= 4 is 22.3 Å². The Morgan fingerprint density at radius 2 is 1.91 bits per heavy atom. The Balaban J connectivity index is 1.92. The number of amidine groups is 1. The number of alkyl halides is 3. The fraction of sp³-hybridized carbons (Fsp3) is 0.350. The Morgan fingerprint density at radius 3 is 2.47 bits per heavy atom. The van der Waals surface area contributed by atoms with Crippen LogP contribution in [0.1, 0.15) is 28.3 Å². The molecule has 2 aromatic rings. The van der Waals surface area contributed by atoms with Crippen LogP contribution in [0.3, 0.4) is 0 Å². The Kier molecular flexibility index (Phi) is 6.96. The molecule has 8 nitrogen and oxygen atoms in total. The van der Waals surface area contributed by atoms with Crippen molar-refractivity contribution in [2.75, 3.05) is 24.6 Å². The molecule has 12 heteroatoms. The number of pyridine rings is 1. The number of hydrogen-bond donors (Lipinski definition) is 4. The summed E-state index contributed by atoms with van der Waals surface area (Å²) < 4.78 is 59.4. The Morgan fingerprint density at radius 1 is 1.22 bits per heavy atom. The van der Waals surface area contributed by atoms with Gasteiger partial charge in [-0.15, -0.1) is 0 Å². The third kappa shape index (κ3) is 5.69. The first-order valence-electron chi connectivity index (χ1n) is 9.62. The zero-order chi connectivity index (χ0) is 23.5. The van der Waals surface area contributed by atoms with Crippen LogP contribution in [0.25, 0.3) is 0 Å². The molecule has 32 heavy (non-hydrogen) atoms. The molecule has 1 aliphatic rings. The zero-order valence-electron chi connectivity index (χ0n) is 16.9. The Hall–Kier alpha value is -2.83. The number of aromatic nitrogens is 1. The lowest BCUT2D eigenvalue weighted by molar-refractivity contribution is -0.138. The molecule has 5 N–H and O–H groups in total. The van der Waals surface area contributed by atoms with Gasteiger partial charge in [0, 0.05) is 37.0 Å². The smallest absolute Gasteiger partial charge is 0.409 e. The molecule has 0 aliphatic carbocycles. The van der Waals surface area contributed by atoms with Gasteiger partial charge in [-0.25, -0.2) is 0 Å². The van der Waals surface area contributed by atoms with E-state index >= 15 is 0 Å². The van der Waals surface area contributed by atoms with Gasteiger partial charge in [-0.1, -0.05) is 23.4 Å². The molecule has 1 amide bonds. The molecular weight excluding hydrogens is 449 g/mol. The number of nitrogens with zero attached hydrogens (tertiary/aromatic N) is 3. The van der Waals surface area contributed by atoms with Crippen LogP contribution in [0.4, 0.5) is 13.2 Å². The minimum atomic E-state index is -4.56. The van der Waals surface area contributed by atoms with Crippen LogP contribution in [0.5, 0.6) is 0 Å². The minimum Gasteiger partial charge on any atom is -0.409 e. The van der Waals surface area contributed by atoms with E-state index < -0.39 is 34.2 Å². The van der Waals surface area contributed by atoms with Crippen LogP contribution in [0, 0.1) is 0 Å². The first kappa shape index (κ1) is 23.8. The molecule has 1 saturated heterocycles. The van der Waals surface area contributed by atoms with E-state index in [2.05, 4.69) is 10.1 Å². The third-order valence-electron chi connectivity index (χ3n) is 5.24. The number of oxime groups is 1.